The highest BCUT2D eigenvalue weighted by Gasteiger charge is 2.20. The number of aryl methyl sites for hydroxylation is 2. The number of anilines is 1. The van der Waals surface area contributed by atoms with Crippen LogP contribution in [0, 0.1) is 25.6 Å². The third-order valence-corrected chi connectivity index (χ3v) is 6.57. The fourth-order valence-corrected chi connectivity index (χ4v) is 4.63. The van der Waals surface area contributed by atoms with Crippen LogP contribution in [0.1, 0.15) is 42.5 Å². The second kappa shape index (κ2) is 11.9. The van der Waals surface area contributed by atoms with Gasteiger partial charge >= 0.3 is 0 Å². The van der Waals surface area contributed by atoms with Gasteiger partial charge in [-0.3, -0.25) is 9.98 Å². The first-order valence-corrected chi connectivity index (χ1v) is 11.4. The molecule has 0 saturated carbocycles. The van der Waals surface area contributed by atoms with Crippen LogP contribution in [0.25, 0.3) is 4.91 Å². The molecule has 0 aromatic heterocycles. The highest BCUT2D eigenvalue weighted by Crippen LogP contribution is 2.40. The molecule has 0 spiro atoms. The van der Waals surface area contributed by atoms with Gasteiger partial charge in [-0.15, -0.1) is 11.8 Å². The van der Waals surface area contributed by atoms with E-state index in [0.717, 1.165) is 16.7 Å². The van der Waals surface area contributed by atoms with E-state index in [1.165, 1.54) is 17.8 Å². The van der Waals surface area contributed by atoms with E-state index in [1.54, 1.807) is 19.9 Å². The summed E-state index contributed by atoms with van der Waals surface area (Å²) in [7, 11) is 0. The van der Waals surface area contributed by atoms with Gasteiger partial charge in [-0.2, -0.15) is 0 Å². The second-order valence-corrected chi connectivity index (χ2v) is 8.64. The summed E-state index contributed by atoms with van der Waals surface area (Å²) in [4.78, 5) is 8.82. The first-order valence-electron chi connectivity index (χ1n) is 10.4. The Labute approximate surface area is 193 Å². The van der Waals surface area contributed by atoms with E-state index in [4.69, 9.17) is 0 Å². The van der Waals surface area contributed by atoms with Crippen molar-refractivity contribution in [2.45, 2.75) is 46.3 Å². The van der Waals surface area contributed by atoms with Crippen molar-refractivity contribution in [3.63, 3.8) is 0 Å². The number of aliphatic imine (C=N–C) groups is 2. The number of hydrogen-bond acceptors (Lipinski definition) is 4. The fourth-order valence-electron chi connectivity index (χ4n) is 3.43. The zero-order valence-corrected chi connectivity index (χ0v) is 19.8. The molecule has 32 heavy (non-hydrogen) atoms. The molecule has 0 radical (unpaired) electrons. The van der Waals surface area contributed by atoms with Crippen molar-refractivity contribution in [2.24, 2.45) is 15.9 Å². The maximum Gasteiger partial charge on any atom is 0.243 e. The van der Waals surface area contributed by atoms with Crippen molar-refractivity contribution in [2.75, 3.05) is 11.9 Å². The summed E-state index contributed by atoms with van der Waals surface area (Å²) < 4.78 is 41.2. The predicted octanol–water partition coefficient (Wildman–Crippen LogP) is 7.80. The molecule has 172 valence electrons. The van der Waals surface area contributed by atoms with Crippen LogP contribution in [0.15, 0.2) is 46.0 Å². The minimum absolute atomic E-state index is 0.125. The number of benzene rings is 2. The summed E-state index contributed by atoms with van der Waals surface area (Å²) in [6.07, 6.45) is -2.04. The number of alkyl halides is 2. The van der Waals surface area contributed by atoms with Crippen molar-refractivity contribution in [1.82, 2.24) is 0 Å². The summed E-state index contributed by atoms with van der Waals surface area (Å²) in [5.74, 6) is -0.624. The molecule has 2 aromatic carbocycles. The summed E-state index contributed by atoms with van der Waals surface area (Å²) in [5, 5.41) is 3.17. The predicted molar refractivity (Wildman–Crippen MR) is 133 cm³/mol. The zero-order valence-electron chi connectivity index (χ0n) is 19.0. The van der Waals surface area contributed by atoms with Gasteiger partial charge in [-0.05, 0) is 69.5 Å². The van der Waals surface area contributed by atoms with Crippen LogP contribution in [-0.4, -0.2) is 26.4 Å². The molecule has 1 N–H and O–H groups in total. The maximum atomic E-state index is 14.7. The van der Waals surface area contributed by atoms with Gasteiger partial charge < -0.3 is 5.32 Å². The van der Waals surface area contributed by atoms with Gasteiger partial charge in [0.2, 0.25) is 6.43 Å². The molecule has 0 aliphatic rings. The van der Waals surface area contributed by atoms with Crippen molar-refractivity contribution in [3.8, 4) is 0 Å². The lowest BCUT2D eigenvalue weighted by atomic mass is 10.1. The fraction of sp³-hybridized carbons (Fsp3) is 0.360. The van der Waals surface area contributed by atoms with Crippen LogP contribution >= 0.6 is 11.8 Å². The van der Waals surface area contributed by atoms with Crippen molar-refractivity contribution in [1.29, 1.82) is 0 Å². The van der Waals surface area contributed by atoms with Gasteiger partial charge in [0, 0.05) is 28.7 Å². The Morgan fingerprint density at radius 1 is 1.19 bits per heavy atom. The monoisotopic (exact) mass is 461 g/mol. The van der Waals surface area contributed by atoms with Gasteiger partial charge in [0.25, 0.3) is 0 Å². The molecular weight excluding hydrogens is 431 g/mol. The van der Waals surface area contributed by atoms with Crippen LogP contribution < -0.4 is 5.32 Å². The van der Waals surface area contributed by atoms with E-state index in [2.05, 4.69) is 28.7 Å². The van der Waals surface area contributed by atoms with E-state index in [1.807, 2.05) is 32.0 Å². The number of nitrogens with one attached hydrogen (secondary N) is 1. The Balaban J connectivity index is 2.43. The minimum atomic E-state index is -2.41. The molecule has 2 rings (SSSR count). The lowest BCUT2D eigenvalue weighted by molar-refractivity contribution is 0.0815. The average Bonchev–Trinajstić information content (AvgIpc) is 2.75. The summed E-state index contributed by atoms with van der Waals surface area (Å²) >= 11 is 1.43. The molecule has 1 unspecified atom stereocenters. The first-order chi connectivity index (χ1) is 15.2. The highest BCUT2D eigenvalue weighted by atomic mass is 32.2. The Morgan fingerprint density at radius 2 is 1.91 bits per heavy atom. The van der Waals surface area contributed by atoms with Gasteiger partial charge in [-0.1, -0.05) is 25.1 Å². The van der Waals surface area contributed by atoms with Crippen molar-refractivity contribution < 1.29 is 13.2 Å². The van der Waals surface area contributed by atoms with Crippen LogP contribution in [0.3, 0.4) is 0 Å². The topological polar surface area (TPSA) is 36.8 Å². The number of rotatable bonds is 11. The normalized spacial score (nSPS) is 13.0. The molecule has 0 aliphatic carbocycles. The number of nitrogens with zero attached hydrogens (tertiary/aromatic N) is 2. The maximum absolute atomic E-state index is 14.7. The van der Waals surface area contributed by atoms with E-state index in [-0.39, 0.29) is 12.4 Å². The highest BCUT2D eigenvalue weighted by molar-refractivity contribution is 8.07. The average molecular weight is 462 g/mol. The molecule has 0 bridgehead atoms. The molecule has 0 amide bonds. The van der Waals surface area contributed by atoms with E-state index < -0.39 is 12.3 Å². The Bertz CT molecular complexity index is 982. The number of allylic oxidation sites excluding steroid dienone is 1. The molecule has 3 nitrogen and oxygen atoms in total. The Morgan fingerprint density at radius 3 is 2.47 bits per heavy atom. The lowest BCUT2D eigenvalue weighted by Gasteiger charge is -2.20. The standard InChI is InChI=1S/C25H30F3N3S/c1-7-18(25(27)28)13-31-23-19(11-15(2)12-21(23)30-6)14-32-24(17(4)29-5)22-16(3)9-8-10-20(22)26/h8-12,18,25,31H,5-7,13-14H2,1-4H3/b24-17-. The summed E-state index contributed by atoms with van der Waals surface area (Å²) in [6, 6.07) is 8.79. The van der Waals surface area contributed by atoms with Crippen molar-refractivity contribution >= 4 is 41.5 Å². The van der Waals surface area contributed by atoms with Crippen LogP contribution in [0.2, 0.25) is 0 Å². The number of thioether (sulfide) groups is 1. The SMILES string of the molecule is C=N/C(C)=C(\SCc1cc(C)cc(N=C)c1NCC(CC)C(F)F)c1c(C)cccc1F. The van der Waals surface area contributed by atoms with Crippen LogP contribution in [0.4, 0.5) is 24.5 Å². The zero-order chi connectivity index (χ0) is 23.8. The lowest BCUT2D eigenvalue weighted by Crippen LogP contribution is -2.21. The quantitative estimate of drug-likeness (QED) is 0.347. The molecule has 0 fully saturated rings. The Hall–Kier alpha value is -2.54. The van der Waals surface area contributed by atoms with Gasteiger partial charge in [0.15, 0.2) is 0 Å². The number of halogens is 3. The Kier molecular flexibility index (Phi) is 9.57. The molecule has 2 aromatic rings. The molecule has 1 atom stereocenters. The molecular formula is C25H30F3N3S. The van der Waals surface area contributed by atoms with Crippen LogP contribution in [0.5, 0.6) is 0 Å². The third-order valence-electron chi connectivity index (χ3n) is 5.32. The first kappa shape index (κ1) is 25.7. The molecule has 0 aliphatic heterocycles. The van der Waals surface area contributed by atoms with Crippen LogP contribution in [-0.2, 0) is 5.75 Å². The minimum Gasteiger partial charge on any atom is -0.383 e. The third kappa shape index (κ3) is 6.25. The number of hydrogen-bond donors (Lipinski definition) is 1. The van der Waals surface area contributed by atoms with E-state index >= 15 is 0 Å². The smallest absolute Gasteiger partial charge is 0.243 e. The van der Waals surface area contributed by atoms with E-state index in [9.17, 15) is 13.2 Å². The van der Waals surface area contributed by atoms with Gasteiger partial charge in [0.05, 0.1) is 17.1 Å². The molecule has 7 heteroatoms. The largest absolute Gasteiger partial charge is 0.383 e. The van der Waals surface area contributed by atoms with Gasteiger partial charge in [0.1, 0.15) is 5.82 Å². The second-order valence-electron chi connectivity index (χ2n) is 7.65. The van der Waals surface area contributed by atoms with E-state index in [0.29, 0.717) is 39.7 Å². The molecule has 0 heterocycles. The molecule has 0 saturated heterocycles. The van der Waals surface area contributed by atoms with Crippen molar-refractivity contribution in [3.05, 3.63) is 64.1 Å². The summed E-state index contributed by atoms with van der Waals surface area (Å²) in [5.41, 5.74) is 5.05. The van der Waals surface area contributed by atoms with Gasteiger partial charge in [-0.25, -0.2) is 13.2 Å². The summed E-state index contributed by atoms with van der Waals surface area (Å²) in [6.45, 7) is 14.7.